The molecule has 19 heavy (non-hydrogen) atoms. The number of hydrogen-bond donors (Lipinski definition) is 1. The van der Waals surface area contributed by atoms with Crippen LogP contribution in [0.4, 0.5) is 0 Å². The van der Waals surface area contributed by atoms with Crippen molar-refractivity contribution in [1.82, 2.24) is 4.90 Å². The molecule has 0 bridgehead atoms. The lowest BCUT2D eigenvalue weighted by Gasteiger charge is -2.17. The van der Waals surface area contributed by atoms with E-state index in [0.717, 1.165) is 39.1 Å². The van der Waals surface area contributed by atoms with Crippen molar-refractivity contribution >= 4 is 0 Å². The molecular formula is C16H25NO2. The summed E-state index contributed by atoms with van der Waals surface area (Å²) < 4.78 is 5.91. The van der Waals surface area contributed by atoms with Gasteiger partial charge in [0, 0.05) is 38.8 Å². The van der Waals surface area contributed by atoms with Crippen molar-refractivity contribution in [1.29, 1.82) is 0 Å². The summed E-state index contributed by atoms with van der Waals surface area (Å²) in [4.78, 5) is 2.38. The van der Waals surface area contributed by atoms with Crippen LogP contribution in [0.3, 0.4) is 0 Å². The smallest absolute Gasteiger partial charge is 0.0764 e. The number of nitrogens with zero attached hydrogens (tertiary/aromatic N) is 1. The molecule has 3 nitrogen and oxygen atoms in total. The largest absolute Gasteiger partial charge is 0.396 e. The van der Waals surface area contributed by atoms with Gasteiger partial charge in [-0.2, -0.15) is 0 Å². The van der Waals surface area contributed by atoms with Crippen LogP contribution in [0.15, 0.2) is 30.3 Å². The van der Waals surface area contributed by atoms with Gasteiger partial charge in [0.25, 0.3) is 0 Å². The molecule has 1 heterocycles. The quantitative estimate of drug-likeness (QED) is 0.766. The van der Waals surface area contributed by atoms with E-state index in [1.165, 1.54) is 5.56 Å². The number of unbranched alkanes of at least 4 members (excludes halogenated alkanes) is 1. The monoisotopic (exact) mass is 263 g/mol. The fourth-order valence-electron chi connectivity index (χ4n) is 2.64. The number of rotatable bonds is 7. The lowest BCUT2D eigenvalue weighted by atomic mass is 10.1. The number of likely N-dealkylation sites (tertiary alicyclic amines) is 1. The summed E-state index contributed by atoms with van der Waals surface area (Å²) in [5, 5.41) is 9.47. The Morgan fingerprint density at radius 1 is 1.26 bits per heavy atom. The second kappa shape index (κ2) is 7.63. The van der Waals surface area contributed by atoms with Crippen molar-refractivity contribution in [2.24, 2.45) is 5.92 Å². The Labute approximate surface area is 116 Å². The average molecular weight is 263 g/mol. The molecule has 3 heteroatoms. The second-order valence-electron chi connectivity index (χ2n) is 5.39. The first-order chi connectivity index (χ1) is 9.33. The zero-order valence-corrected chi connectivity index (χ0v) is 11.8. The zero-order valence-electron chi connectivity index (χ0n) is 11.8. The van der Waals surface area contributed by atoms with E-state index in [1.54, 1.807) is 0 Å². The normalized spacial score (nSPS) is 23.9. The maximum Gasteiger partial charge on any atom is 0.0764 e. The lowest BCUT2D eigenvalue weighted by molar-refractivity contribution is 0.0172. The topological polar surface area (TPSA) is 32.7 Å². The highest BCUT2D eigenvalue weighted by Crippen LogP contribution is 2.21. The maximum atomic E-state index is 9.47. The minimum absolute atomic E-state index is 0.195. The summed E-state index contributed by atoms with van der Waals surface area (Å²) in [5.41, 5.74) is 1.33. The standard InChI is InChI=1S/C16H25NO2/c1-2-3-9-19-16-12-17(11-15(16)13-18)10-14-7-5-4-6-8-14/h4-8,15-16,18H,2-3,9-13H2,1H3/t15-,16+/m1/s1. The van der Waals surface area contributed by atoms with Gasteiger partial charge in [-0.05, 0) is 12.0 Å². The molecule has 2 rings (SSSR count). The highest BCUT2D eigenvalue weighted by atomic mass is 16.5. The molecule has 0 radical (unpaired) electrons. The van der Waals surface area contributed by atoms with E-state index >= 15 is 0 Å². The Morgan fingerprint density at radius 3 is 2.74 bits per heavy atom. The van der Waals surface area contributed by atoms with Gasteiger partial charge in [0.2, 0.25) is 0 Å². The minimum Gasteiger partial charge on any atom is -0.396 e. The first kappa shape index (κ1) is 14.5. The predicted octanol–water partition coefficient (Wildman–Crippen LogP) is 2.30. The SMILES string of the molecule is CCCCO[C@H]1CN(Cc2ccccc2)C[C@@H]1CO. The van der Waals surface area contributed by atoms with Crippen molar-refractivity contribution in [2.75, 3.05) is 26.3 Å². The highest BCUT2D eigenvalue weighted by Gasteiger charge is 2.32. The Morgan fingerprint density at radius 2 is 2.05 bits per heavy atom. The molecule has 1 aromatic carbocycles. The fourth-order valence-corrected chi connectivity index (χ4v) is 2.64. The molecule has 1 saturated heterocycles. The van der Waals surface area contributed by atoms with Crippen LogP contribution in [0.25, 0.3) is 0 Å². The molecule has 0 spiro atoms. The van der Waals surface area contributed by atoms with Gasteiger partial charge in [-0.25, -0.2) is 0 Å². The van der Waals surface area contributed by atoms with Crippen molar-refractivity contribution in [3.63, 3.8) is 0 Å². The van der Waals surface area contributed by atoms with Gasteiger partial charge >= 0.3 is 0 Å². The maximum absolute atomic E-state index is 9.47. The van der Waals surface area contributed by atoms with Gasteiger partial charge in [0.05, 0.1) is 6.10 Å². The molecule has 0 unspecified atom stereocenters. The summed E-state index contributed by atoms with van der Waals surface area (Å²) in [6, 6.07) is 10.5. The average Bonchev–Trinajstić information content (AvgIpc) is 2.82. The van der Waals surface area contributed by atoms with Gasteiger partial charge in [-0.15, -0.1) is 0 Å². The summed E-state index contributed by atoms with van der Waals surface area (Å²) >= 11 is 0. The second-order valence-corrected chi connectivity index (χ2v) is 5.39. The van der Waals surface area contributed by atoms with Crippen LogP contribution in [0.1, 0.15) is 25.3 Å². The third-order valence-electron chi connectivity index (χ3n) is 3.77. The predicted molar refractivity (Wildman–Crippen MR) is 76.9 cm³/mol. The molecule has 1 N–H and O–H groups in total. The Kier molecular flexibility index (Phi) is 5.83. The number of benzene rings is 1. The summed E-state index contributed by atoms with van der Waals surface area (Å²) in [7, 11) is 0. The van der Waals surface area contributed by atoms with Crippen LogP contribution in [-0.2, 0) is 11.3 Å². The van der Waals surface area contributed by atoms with Crippen LogP contribution in [0, 0.1) is 5.92 Å². The Hall–Kier alpha value is -0.900. The molecule has 0 aliphatic carbocycles. The molecule has 1 aliphatic rings. The summed E-state index contributed by atoms with van der Waals surface area (Å²) in [6.45, 7) is 6.03. The molecular weight excluding hydrogens is 238 g/mol. The Bertz CT molecular complexity index is 355. The zero-order chi connectivity index (χ0) is 13.5. The van der Waals surface area contributed by atoms with Crippen LogP contribution in [0.2, 0.25) is 0 Å². The van der Waals surface area contributed by atoms with E-state index in [9.17, 15) is 5.11 Å². The van der Waals surface area contributed by atoms with Crippen LogP contribution < -0.4 is 0 Å². The molecule has 0 saturated carbocycles. The molecule has 1 fully saturated rings. The fraction of sp³-hybridized carbons (Fsp3) is 0.625. The third-order valence-corrected chi connectivity index (χ3v) is 3.77. The van der Waals surface area contributed by atoms with Gasteiger partial charge in [0.1, 0.15) is 0 Å². The van der Waals surface area contributed by atoms with Crippen molar-refractivity contribution in [3.05, 3.63) is 35.9 Å². The number of ether oxygens (including phenoxy) is 1. The van der Waals surface area contributed by atoms with Crippen molar-refractivity contribution < 1.29 is 9.84 Å². The first-order valence-corrected chi connectivity index (χ1v) is 7.32. The van der Waals surface area contributed by atoms with E-state index in [-0.39, 0.29) is 18.6 Å². The number of aliphatic hydroxyl groups excluding tert-OH is 1. The third kappa shape index (κ3) is 4.30. The molecule has 106 valence electrons. The van der Waals surface area contributed by atoms with Crippen LogP contribution >= 0.6 is 0 Å². The van der Waals surface area contributed by atoms with E-state index in [2.05, 4.69) is 36.1 Å². The number of hydrogen-bond acceptors (Lipinski definition) is 3. The number of aliphatic hydroxyl groups is 1. The van der Waals surface area contributed by atoms with E-state index in [4.69, 9.17) is 4.74 Å². The van der Waals surface area contributed by atoms with Crippen molar-refractivity contribution in [3.8, 4) is 0 Å². The van der Waals surface area contributed by atoms with E-state index < -0.39 is 0 Å². The molecule has 2 atom stereocenters. The first-order valence-electron chi connectivity index (χ1n) is 7.32. The van der Waals surface area contributed by atoms with E-state index in [1.807, 2.05) is 6.07 Å². The highest BCUT2D eigenvalue weighted by molar-refractivity contribution is 5.14. The molecule has 0 aromatic heterocycles. The lowest BCUT2D eigenvalue weighted by Crippen LogP contribution is -2.26. The van der Waals surface area contributed by atoms with Crippen LogP contribution in [0.5, 0.6) is 0 Å². The van der Waals surface area contributed by atoms with Crippen LogP contribution in [-0.4, -0.2) is 42.4 Å². The van der Waals surface area contributed by atoms with E-state index in [0.29, 0.717) is 0 Å². The molecule has 1 aliphatic heterocycles. The summed E-state index contributed by atoms with van der Waals surface area (Å²) in [5.74, 6) is 0.264. The van der Waals surface area contributed by atoms with Gasteiger partial charge in [-0.3, -0.25) is 4.90 Å². The molecule has 0 amide bonds. The van der Waals surface area contributed by atoms with Gasteiger partial charge < -0.3 is 9.84 Å². The van der Waals surface area contributed by atoms with Gasteiger partial charge in [-0.1, -0.05) is 43.7 Å². The van der Waals surface area contributed by atoms with Crippen molar-refractivity contribution in [2.45, 2.75) is 32.4 Å². The Balaban J connectivity index is 1.84. The summed E-state index contributed by atoms with van der Waals surface area (Å²) in [6.07, 6.45) is 2.46. The van der Waals surface area contributed by atoms with Gasteiger partial charge in [0.15, 0.2) is 0 Å². The minimum atomic E-state index is 0.195. The molecule has 1 aromatic rings.